The molecule has 1 aromatic carbocycles. The number of aryl methyl sites for hydroxylation is 1. The fourth-order valence-corrected chi connectivity index (χ4v) is 5.92. The quantitative estimate of drug-likeness (QED) is 0.850. The van der Waals surface area contributed by atoms with Gasteiger partial charge in [-0.05, 0) is 32.0 Å². The summed E-state index contributed by atoms with van der Waals surface area (Å²) >= 11 is 1.38. The van der Waals surface area contributed by atoms with Crippen LogP contribution in [0.15, 0.2) is 22.0 Å². The van der Waals surface area contributed by atoms with Gasteiger partial charge in [0, 0.05) is 42.9 Å². The molecule has 8 heteroatoms. The number of carbonyl (C=O) groups is 1. The number of rotatable bonds is 2. The second-order valence-electron chi connectivity index (χ2n) is 7.59. The van der Waals surface area contributed by atoms with Crippen molar-refractivity contribution < 1.29 is 14.3 Å². The molecule has 2 aromatic rings. The van der Waals surface area contributed by atoms with E-state index in [0.717, 1.165) is 25.9 Å². The normalized spacial score (nSPS) is 24.6. The van der Waals surface area contributed by atoms with Gasteiger partial charge in [-0.3, -0.25) is 9.69 Å². The minimum Gasteiger partial charge on any atom is -0.477 e. The molecule has 142 valence electrons. The van der Waals surface area contributed by atoms with Crippen LogP contribution in [0.3, 0.4) is 0 Å². The van der Waals surface area contributed by atoms with Crippen LogP contribution < -0.4 is 10.3 Å². The summed E-state index contributed by atoms with van der Waals surface area (Å²) in [6.07, 6.45) is 2.25. The number of benzene rings is 1. The van der Waals surface area contributed by atoms with Crippen LogP contribution in [0.4, 0.5) is 10.1 Å². The summed E-state index contributed by atoms with van der Waals surface area (Å²) < 4.78 is 16.8. The highest BCUT2D eigenvalue weighted by molar-refractivity contribution is 7.99. The van der Waals surface area contributed by atoms with Gasteiger partial charge < -0.3 is 14.6 Å². The molecule has 0 aliphatic carbocycles. The fraction of sp³-hybridized carbons (Fsp3) is 0.474. The Morgan fingerprint density at radius 2 is 1.96 bits per heavy atom. The van der Waals surface area contributed by atoms with E-state index in [4.69, 9.17) is 0 Å². The Labute approximate surface area is 159 Å². The van der Waals surface area contributed by atoms with Gasteiger partial charge in [0.1, 0.15) is 11.4 Å². The van der Waals surface area contributed by atoms with Gasteiger partial charge in [-0.2, -0.15) is 0 Å². The van der Waals surface area contributed by atoms with Crippen LogP contribution in [-0.4, -0.2) is 58.5 Å². The van der Waals surface area contributed by atoms with Crippen LogP contribution >= 0.6 is 11.8 Å². The highest BCUT2D eigenvalue weighted by atomic mass is 32.2. The second kappa shape index (κ2) is 5.97. The molecule has 3 aliphatic heterocycles. The first kappa shape index (κ1) is 17.1. The largest absolute Gasteiger partial charge is 0.477 e. The number of hydrogen-bond donors (Lipinski definition) is 1. The number of pyridine rings is 1. The van der Waals surface area contributed by atoms with Crippen LogP contribution in [0, 0.1) is 5.82 Å². The van der Waals surface area contributed by atoms with Crippen LogP contribution in [-0.2, 0) is 6.54 Å². The minimum atomic E-state index is -1.25. The number of nitrogens with zero attached hydrogens (tertiary/aromatic N) is 3. The molecule has 2 bridgehead atoms. The first-order valence-corrected chi connectivity index (χ1v) is 10.2. The van der Waals surface area contributed by atoms with E-state index in [-0.39, 0.29) is 10.9 Å². The first-order valence-electron chi connectivity index (χ1n) is 9.18. The summed E-state index contributed by atoms with van der Waals surface area (Å²) in [5.41, 5.74) is 0.311. The molecule has 1 aromatic heterocycles. The third-order valence-electron chi connectivity index (χ3n) is 6.24. The Hall–Kier alpha value is -2.06. The molecule has 0 amide bonds. The van der Waals surface area contributed by atoms with Gasteiger partial charge in [-0.1, -0.05) is 0 Å². The Kier molecular flexibility index (Phi) is 3.77. The van der Waals surface area contributed by atoms with Crippen molar-refractivity contribution in [3.05, 3.63) is 33.7 Å². The number of hydrogen-bond acceptors (Lipinski definition) is 5. The maximum Gasteiger partial charge on any atom is 0.342 e. The number of fused-ring (bicyclic) bond motifs is 5. The number of carboxylic acid groups (broad SMARTS) is 1. The summed E-state index contributed by atoms with van der Waals surface area (Å²) in [5, 5.41) is 10.1. The van der Waals surface area contributed by atoms with E-state index in [1.807, 2.05) is 4.57 Å². The molecule has 0 spiro atoms. The van der Waals surface area contributed by atoms with E-state index in [2.05, 4.69) is 16.8 Å². The van der Waals surface area contributed by atoms with Crippen molar-refractivity contribution in [1.29, 1.82) is 0 Å². The molecule has 4 heterocycles. The molecular weight excluding hydrogens is 369 g/mol. The Balaban J connectivity index is 1.69. The molecule has 3 aliphatic rings. The van der Waals surface area contributed by atoms with Crippen molar-refractivity contribution >= 4 is 34.3 Å². The van der Waals surface area contributed by atoms with Gasteiger partial charge in [0.25, 0.3) is 0 Å². The fourth-order valence-electron chi connectivity index (χ4n) is 4.78. The van der Waals surface area contributed by atoms with E-state index in [0.29, 0.717) is 40.6 Å². The van der Waals surface area contributed by atoms with Crippen LogP contribution in [0.1, 0.15) is 23.2 Å². The van der Waals surface area contributed by atoms with E-state index in [9.17, 15) is 19.1 Å². The van der Waals surface area contributed by atoms with Crippen molar-refractivity contribution in [2.75, 3.05) is 30.8 Å². The molecule has 0 radical (unpaired) electrons. The van der Waals surface area contributed by atoms with Crippen molar-refractivity contribution in [3.8, 4) is 0 Å². The number of thioether (sulfide) groups is 1. The minimum absolute atomic E-state index is 0.150. The van der Waals surface area contributed by atoms with Gasteiger partial charge in [-0.15, -0.1) is 11.8 Å². The lowest BCUT2D eigenvalue weighted by Gasteiger charge is -2.40. The molecular formula is C19H20FN3O3S. The molecule has 6 nitrogen and oxygen atoms in total. The number of aromatic nitrogens is 1. The van der Waals surface area contributed by atoms with E-state index >= 15 is 0 Å². The molecule has 1 N–H and O–H groups in total. The molecule has 27 heavy (non-hydrogen) atoms. The zero-order valence-corrected chi connectivity index (χ0v) is 15.8. The van der Waals surface area contributed by atoms with Crippen molar-refractivity contribution in [2.45, 2.75) is 36.5 Å². The van der Waals surface area contributed by atoms with Crippen LogP contribution in [0.2, 0.25) is 0 Å². The van der Waals surface area contributed by atoms with Gasteiger partial charge >= 0.3 is 5.97 Å². The van der Waals surface area contributed by atoms with Gasteiger partial charge in [0.15, 0.2) is 0 Å². The molecule has 2 saturated heterocycles. The topological polar surface area (TPSA) is 65.8 Å². The van der Waals surface area contributed by atoms with Gasteiger partial charge in [0.2, 0.25) is 5.43 Å². The first-order chi connectivity index (χ1) is 13.0. The highest BCUT2D eigenvalue weighted by Gasteiger charge is 2.38. The van der Waals surface area contributed by atoms with Gasteiger partial charge in [-0.25, -0.2) is 9.18 Å². The van der Waals surface area contributed by atoms with Crippen molar-refractivity contribution in [2.24, 2.45) is 0 Å². The number of anilines is 1. The molecule has 0 saturated carbocycles. The number of piperazine rings is 1. The lowest BCUT2D eigenvalue weighted by Crippen LogP contribution is -2.52. The van der Waals surface area contributed by atoms with E-state index in [1.54, 1.807) is 6.07 Å². The predicted molar refractivity (Wildman–Crippen MR) is 103 cm³/mol. The van der Waals surface area contributed by atoms with Crippen LogP contribution in [0.25, 0.3) is 10.9 Å². The number of aromatic carboxylic acids is 1. The van der Waals surface area contributed by atoms with E-state index < -0.39 is 17.2 Å². The van der Waals surface area contributed by atoms with Crippen LogP contribution in [0.5, 0.6) is 0 Å². The maximum atomic E-state index is 15.0. The lowest BCUT2D eigenvalue weighted by molar-refractivity contribution is 0.0690. The molecule has 2 fully saturated rings. The van der Waals surface area contributed by atoms with Crippen molar-refractivity contribution in [1.82, 2.24) is 9.47 Å². The number of likely N-dealkylation sites (N-methyl/N-ethyl adjacent to an activating group) is 1. The average Bonchev–Trinajstić information content (AvgIpc) is 3.15. The SMILES string of the molecule is CN1C2CCC1CN(c1cc3c(cc1F)c(=O)c(C(=O)O)c1n3CCS1)C2. The summed E-state index contributed by atoms with van der Waals surface area (Å²) in [6.45, 7) is 2.17. The van der Waals surface area contributed by atoms with E-state index in [1.165, 1.54) is 17.8 Å². The summed E-state index contributed by atoms with van der Waals surface area (Å²) in [4.78, 5) is 28.8. The molecule has 5 rings (SSSR count). The average molecular weight is 389 g/mol. The number of halogens is 1. The zero-order valence-electron chi connectivity index (χ0n) is 14.9. The zero-order chi connectivity index (χ0) is 18.9. The highest BCUT2D eigenvalue weighted by Crippen LogP contribution is 2.36. The van der Waals surface area contributed by atoms with Crippen molar-refractivity contribution in [3.63, 3.8) is 0 Å². The summed E-state index contributed by atoms with van der Waals surface area (Å²) in [7, 11) is 2.13. The molecule has 2 unspecified atom stereocenters. The predicted octanol–water partition coefficient (Wildman–Crippen LogP) is 2.23. The monoisotopic (exact) mass is 389 g/mol. The summed E-state index contributed by atoms with van der Waals surface area (Å²) in [6, 6.07) is 3.84. The Morgan fingerprint density at radius 3 is 2.63 bits per heavy atom. The summed E-state index contributed by atoms with van der Waals surface area (Å²) in [5.74, 6) is -0.990. The van der Waals surface area contributed by atoms with Gasteiger partial charge in [0.05, 0.1) is 16.2 Å². The smallest absolute Gasteiger partial charge is 0.342 e. The number of carboxylic acids is 1. The standard InChI is InChI=1S/C19H20FN3O3S/c1-21-10-2-3-11(21)9-22(8-10)15-7-14-12(6-13(15)20)17(24)16(19(25)26)18-23(14)4-5-27-18/h6-7,10-11H,2-5,8-9H2,1H3,(H,25,26). The Morgan fingerprint density at radius 1 is 1.26 bits per heavy atom. The lowest BCUT2D eigenvalue weighted by atomic mass is 10.1. The third kappa shape index (κ3) is 2.42. The Bertz CT molecular complexity index is 1020. The maximum absolute atomic E-state index is 15.0. The second-order valence-corrected chi connectivity index (χ2v) is 8.67. The molecule has 2 atom stereocenters. The third-order valence-corrected chi connectivity index (χ3v) is 7.33.